The monoisotopic (exact) mass is 326 g/mol. The molecule has 0 radical (unpaired) electrons. The first kappa shape index (κ1) is 15.7. The second-order valence-corrected chi connectivity index (χ2v) is 5.29. The number of aromatic amines is 1. The smallest absolute Gasteiger partial charge is 0.225 e. The zero-order valence-corrected chi connectivity index (χ0v) is 13.0. The molecule has 0 fully saturated rings. The van der Waals surface area contributed by atoms with Gasteiger partial charge in [0, 0.05) is 24.2 Å². The van der Waals surface area contributed by atoms with Crippen LogP contribution < -0.4 is 5.32 Å². The number of carbonyl (C=O) groups is 1. The third-order valence-corrected chi connectivity index (χ3v) is 3.49. The molecule has 122 valence electrons. The number of anilines is 1. The molecule has 0 bridgehead atoms. The summed E-state index contributed by atoms with van der Waals surface area (Å²) in [6.07, 6.45) is 5.44. The van der Waals surface area contributed by atoms with E-state index in [0.29, 0.717) is 17.9 Å². The lowest BCUT2D eigenvalue weighted by Gasteiger charge is -2.02. The fraction of sp³-hybridized carbons (Fsp3) is 0.188. The number of hydrogen-bond donors (Lipinski definition) is 2. The van der Waals surface area contributed by atoms with Crippen molar-refractivity contribution in [2.24, 2.45) is 0 Å². The van der Waals surface area contributed by atoms with E-state index in [-0.39, 0.29) is 12.3 Å². The first-order valence-electron chi connectivity index (χ1n) is 7.35. The van der Waals surface area contributed by atoms with Crippen molar-refractivity contribution in [2.45, 2.75) is 19.8 Å². The molecule has 0 saturated carbocycles. The summed E-state index contributed by atoms with van der Waals surface area (Å²) >= 11 is 0. The zero-order chi connectivity index (χ0) is 16.9. The Labute approximate surface area is 137 Å². The molecule has 2 N–H and O–H groups in total. The first-order chi connectivity index (χ1) is 11.6. The van der Waals surface area contributed by atoms with Gasteiger partial charge in [0.1, 0.15) is 5.82 Å². The molecule has 3 rings (SSSR count). The summed E-state index contributed by atoms with van der Waals surface area (Å²) in [5.74, 6) is -0.198. The molecule has 7 nitrogen and oxygen atoms in total. The van der Waals surface area contributed by atoms with E-state index in [1.807, 2.05) is 6.92 Å². The minimum Gasteiger partial charge on any atom is -0.311 e. The Morgan fingerprint density at radius 2 is 2.08 bits per heavy atom. The largest absolute Gasteiger partial charge is 0.311 e. The summed E-state index contributed by atoms with van der Waals surface area (Å²) in [5.41, 5.74) is 3.27. The van der Waals surface area contributed by atoms with Crippen molar-refractivity contribution in [3.63, 3.8) is 0 Å². The van der Waals surface area contributed by atoms with E-state index in [2.05, 4.69) is 30.7 Å². The number of halogens is 1. The quantitative estimate of drug-likeness (QED) is 0.701. The molecule has 0 aromatic carbocycles. The van der Waals surface area contributed by atoms with Crippen molar-refractivity contribution in [2.75, 3.05) is 5.32 Å². The number of nitrogens with one attached hydrogen (secondary N) is 2. The van der Waals surface area contributed by atoms with Crippen molar-refractivity contribution in [3.8, 4) is 11.3 Å². The lowest BCUT2D eigenvalue weighted by Crippen LogP contribution is -2.12. The molecule has 3 aromatic heterocycles. The number of hydrogen-bond acceptors (Lipinski definition) is 5. The van der Waals surface area contributed by atoms with Gasteiger partial charge in [-0.05, 0) is 30.5 Å². The van der Waals surface area contributed by atoms with Crippen molar-refractivity contribution in [1.29, 1.82) is 0 Å². The summed E-state index contributed by atoms with van der Waals surface area (Å²) in [6.45, 7) is 1.91. The van der Waals surface area contributed by atoms with Gasteiger partial charge in [-0.15, -0.1) is 0 Å². The van der Waals surface area contributed by atoms with Crippen LogP contribution >= 0.6 is 0 Å². The van der Waals surface area contributed by atoms with Crippen LogP contribution in [0.25, 0.3) is 11.3 Å². The first-order valence-corrected chi connectivity index (χ1v) is 7.35. The minimum atomic E-state index is -0.533. The molecule has 0 aliphatic rings. The highest BCUT2D eigenvalue weighted by molar-refractivity contribution is 5.90. The van der Waals surface area contributed by atoms with Crippen molar-refractivity contribution < 1.29 is 9.18 Å². The van der Waals surface area contributed by atoms with Crippen LogP contribution in [0.3, 0.4) is 0 Å². The molecule has 8 heteroatoms. The Morgan fingerprint density at radius 1 is 1.25 bits per heavy atom. The van der Waals surface area contributed by atoms with Crippen molar-refractivity contribution in [3.05, 3.63) is 53.9 Å². The third-order valence-electron chi connectivity index (χ3n) is 3.49. The highest BCUT2D eigenvalue weighted by Crippen LogP contribution is 2.21. The normalized spacial score (nSPS) is 10.6. The number of pyridine rings is 1. The van der Waals surface area contributed by atoms with Crippen LogP contribution in [0.15, 0.2) is 36.8 Å². The van der Waals surface area contributed by atoms with Gasteiger partial charge in [0.2, 0.25) is 11.9 Å². The average Bonchev–Trinajstić information content (AvgIpc) is 3.03. The molecule has 0 aliphatic carbocycles. The van der Waals surface area contributed by atoms with Crippen LogP contribution in [0.2, 0.25) is 0 Å². The van der Waals surface area contributed by atoms with Crippen molar-refractivity contribution in [1.82, 2.24) is 25.4 Å². The average molecular weight is 326 g/mol. The Bertz CT molecular complexity index is 846. The number of carbonyl (C=O) groups excluding carboxylic acids is 1. The SMILES string of the molecule is Cc1cnncc1-c1cc(NC(=O)CCc2ccc(F)nc2)[nH]n1. The van der Waals surface area contributed by atoms with E-state index < -0.39 is 5.95 Å². The van der Waals surface area contributed by atoms with Crippen LogP contribution in [0.1, 0.15) is 17.5 Å². The molecule has 0 saturated heterocycles. The van der Waals surface area contributed by atoms with Gasteiger partial charge < -0.3 is 5.32 Å². The summed E-state index contributed by atoms with van der Waals surface area (Å²) in [6, 6.07) is 4.63. The molecule has 3 aromatic rings. The van der Waals surface area contributed by atoms with E-state index in [0.717, 1.165) is 16.7 Å². The van der Waals surface area contributed by atoms with Crippen LogP contribution in [-0.4, -0.2) is 31.3 Å². The molecular formula is C16H15FN6O. The molecule has 0 spiro atoms. The predicted molar refractivity (Wildman–Crippen MR) is 85.5 cm³/mol. The Morgan fingerprint density at radius 3 is 2.83 bits per heavy atom. The molecule has 0 aliphatic heterocycles. The molecule has 3 heterocycles. The van der Waals surface area contributed by atoms with Crippen LogP contribution in [-0.2, 0) is 11.2 Å². The number of nitrogens with zero attached hydrogens (tertiary/aromatic N) is 4. The van der Waals surface area contributed by atoms with E-state index in [1.165, 1.54) is 12.3 Å². The summed E-state index contributed by atoms with van der Waals surface area (Å²) in [5, 5.41) is 17.3. The van der Waals surface area contributed by atoms with Gasteiger partial charge in [-0.3, -0.25) is 9.89 Å². The highest BCUT2D eigenvalue weighted by atomic mass is 19.1. The lowest BCUT2D eigenvalue weighted by molar-refractivity contribution is -0.116. The minimum absolute atomic E-state index is 0.167. The van der Waals surface area contributed by atoms with E-state index in [4.69, 9.17) is 0 Å². The molecule has 24 heavy (non-hydrogen) atoms. The second-order valence-electron chi connectivity index (χ2n) is 5.29. The fourth-order valence-electron chi connectivity index (χ4n) is 2.20. The maximum atomic E-state index is 12.7. The predicted octanol–water partition coefficient (Wildman–Crippen LogP) is 2.28. The van der Waals surface area contributed by atoms with Gasteiger partial charge in [0.05, 0.1) is 18.1 Å². The third kappa shape index (κ3) is 3.78. The standard InChI is InChI=1S/C16H15FN6O/c1-10-7-19-20-9-12(10)13-6-15(23-22-13)21-16(24)5-3-11-2-4-14(17)18-8-11/h2,4,6-9H,3,5H2,1H3,(H2,21,22,23,24). The molecule has 0 unspecified atom stereocenters. The van der Waals surface area contributed by atoms with E-state index >= 15 is 0 Å². The van der Waals surface area contributed by atoms with Crippen LogP contribution in [0.4, 0.5) is 10.2 Å². The summed E-state index contributed by atoms with van der Waals surface area (Å²) in [4.78, 5) is 15.6. The zero-order valence-electron chi connectivity index (χ0n) is 13.0. The maximum Gasteiger partial charge on any atom is 0.225 e. The second kappa shape index (κ2) is 6.95. The topological polar surface area (TPSA) is 96.5 Å². The van der Waals surface area contributed by atoms with Gasteiger partial charge in [-0.25, -0.2) is 4.98 Å². The number of aryl methyl sites for hydroxylation is 2. The molecule has 0 atom stereocenters. The van der Waals surface area contributed by atoms with Crippen molar-refractivity contribution >= 4 is 11.7 Å². The Kier molecular flexibility index (Phi) is 4.55. The summed E-state index contributed by atoms with van der Waals surface area (Å²) in [7, 11) is 0. The highest BCUT2D eigenvalue weighted by Gasteiger charge is 2.10. The Balaban J connectivity index is 1.59. The number of rotatable bonds is 5. The van der Waals surface area contributed by atoms with Crippen LogP contribution in [0.5, 0.6) is 0 Å². The van der Waals surface area contributed by atoms with Gasteiger partial charge in [-0.1, -0.05) is 6.07 Å². The van der Waals surface area contributed by atoms with Crippen LogP contribution in [0, 0.1) is 12.9 Å². The Hall–Kier alpha value is -3.16. The van der Waals surface area contributed by atoms with Gasteiger partial charge in [0.15, 0.2) is 0 Å². The fourth-order valence-corrected chi connectivity index (χ4v) is 2.20. The van der Waals surface area contributed by atoms with Gasteiger partial charge in [0.25, 0.3) is 0 Å². The number of amides is 1. The van der Waals surface area contributed by atoms with Gasteiger partial charge >= 0.3 is 0 Å². The number of H-pyrrole nitrogens is 1. The molecular weight excluding hydrogens is 311 g/mol. The van der Waals surface area contributed by atoms with Gasteiger partial charge in [-0.2, -0.15) is 19.7 Å². The number of aromatic nitrogens is 5. The summed E-state index contributed by atoms with van der Waals surface area (Å²) < 4.78 is 12.7. The maximum absolute atomic E-state index is 12.7. The lowest BCUT2D eigenvalue weighted by atomic mass is 10.1. The molecule has 1 amide bonds. The van der Waals surface area contributed by atoms with E-state index in [9.17, 15) is 9.18 Å². The van der Waals surface area contributed by atoms with E-state index in [1.54, 1.807) is 24.5 Å².